The molecule has 0 amide bonds. The van der Waals surface area contributed by atoms with Crippen LogP contribution in [0.2, 0.25) is 0 Å². The number of aryl methyl sites for hydroxylation is 1. The number of aldehydes is 1. The SMILES string of the molecule is CCc1sc2c(CC3CC3)noc2c1C=O. The van der Waals surface area contributed by atoms with Crippen LogP contribution in [0.5, 0.6) is 0 Å². The van der Waals surface area contributed by atoms with Crippen LogP contribution in [0.1, 0.15) is 40.7 Å². The van der Waals surface area contributed by atoms with Crippen molar-refractivity contribution in [2.45, 2.75) is 32.6 Å². The van der Waals surface area contributed by atoms with E-state index in [2.05, 4.69) is 12.1 Å². The maximum atomic E-state index is 11.0. The number of rotatable bonds is 4. The fraction of sp³-hybridized carbons (Fsp3) is 0.500. The van der Waals surface area contributed by atoms with Crippen LogP contribution in [0, 0.1) is 5.92 Å². The molecule has 0 aliphatic heterocycles. The van der Waals surface area contributed by atoms with E-state index in [9.17, 15) is 4.79 Å². The van der Waals surface area contributed by atoms with Crippen LogP contribution in [0.15, 0.2) is 4.52 Å². The minimum absolute atomic E-state index is 0.701. The van der Waals surface area contributed by atoms with Gasteiger partial charge in [-0.3, -0.25) is 4.79 Å². The lowest BCUT2D eigenvalue weighted by Crippen LogP contribution is -1.85. The van der Waals surface area contributed by atoms with E-state index in [1.807, 2.05) is 0 Å². The standard InChI is InChI=1S/C12H13NO2S/c1-2-10-8(6-14)11-12(16-10)9(13-15-11)5-7-3-4-7/h6-7H,2-5H2,1H3. The normalized spacial score (nSPS) is 15.8. The molecule has 0 aromatic carbocycles. The summed E-state index contributed by atoms with van der Waals surface area (Å²) in [6.45, 7) is 2.06. The van der Waals surface area contributed by atoms with E-state index in [0.717, 1.165) is 40.3 Å². The molecule has 3 rings (SSSR count). The van der Waals surface area contributed by atoms with Crippen LogP contribution in [0.25, 0.3) is 10.3 Å². The summed E-state index contributed by atoms with van der Waals surface area (Å²) in [5, 5.41) is 4.10. The third-order valence-electron chi connectivity index (χ3n) is 3.10. The lowest BCUT2D eigenvalue weighted by Gasteiger charge is -1.90. The number of aromatic nitrogens is 1. The number of carbonyl (C=O) groups is 1. The number of nitrogens with zero attached hydrogens (tertiary/aromatic N) is 1. The van der Waals surface area contributed by atoms with Crippen molar-refractivity contribution in [1.29, 1.82) is 0 Å². The number of carbonyl (C=O) groups excluding carboxylic acids is 1. The molecule has 4 heteroatoms. The Kier molecular flexibility index (Phi) is 2.32. The Balaban J connectivity index is 2.10. The fourth-order valence-electron chi connectivity index (χ4n) is 2.00. The van der Waals surface area contributed by atoms with Gasteiger partial charge in [-0.1, -0.05) is 12.1 Å². The molecule has 2 aromatic rings. The van der Waals surface area contributed by atoms with Crippen LogP contribution in [0.3, 0.4) is 0 Å². The summed E-state index contributed by atoms with van der Waals surface area (Å²) in [4.78, 5) is 12.1. The average Bonchev–Trinajstić information content (AvgIpc) is 2.91. The monoisotopic (exact) mass is 235 g/mol. The van der Waals surface area contributed by atoms with Gasteiger partial charge in [-0.15, -0.1) is 11.3 Å². The van der Waals surface area contributed by atoms with Crippen molar-refractivity contribution in [3.05, 3.63) is 16.1 Å². The Hall–Kier alpha value is -1.16. The summed E-state index contributed by atoms with van der Waals surface area (Å²) in [6, 6.07) is 0. The minimum atomic E-state index is 0.701. The molecule has 0 N–H and O–H groups in total. The molecule has 16 heavy (non-hydrogen) atoms. The van der Waals surface area contributed by atoms with Crippen molar-refractivity contribution in [1.82, 2.24) is 5.16 Å². The smallest absolute Gasteiger partial charge is 0.188 e. The van der Waals surface area contributed by atoms with Crippen LogP contribution in [-0.2, 0) is 12.8 Å². The third kappa shape index (κ3) is 1.48. The topological polar surface area (TPSA) is 43.1 Å². The highest BCUT2D eigenvalue weighted by atomic mass is 32.1. The van der Waals surface area contributed by atoms with Crippen LogP contribution in [0.4, 0.5) is 0 Å². The van der Waals surface area contributed by atoms with Crippen molar-refractivity contribution in [3.63, 3.8) is 0 Å². The van der Waals surface area contributed by atoms with E-state index in [-0.39, 0.29) is 0 Å². The van der Waals surface area contributed by atoms with Gasteiger partial charge in [-0.25, -0.2) is 0 Å². The molecule has 1 aliphatic carbocycles. The highest BCUT2D eigenvalue weighted by molar-refractivity contribution is 7.19. The van der Waals surface area contributed by atoms with Crippen LogP contribution < -0.4 is 0 Å². The van der Waals surface area contributed by atoms with Gasteiger partial charge in [0.1, 0.15) is 5.69 Å². The van der Waals surface area contributed by atoms with E-state index in [1.165, 1.54) is 12.8 Å². The number of thiophene rings is 1. The number of hydrogen-bond donors (Lipinski definition) is 0. The Morgan fingerprint density at radius 1 is 1.56 bits per heavy atom. The van der Waals surface area contributed by atoms with E-state index in [4.69, 9.17) is 4.52 Å². The lowest BCUT2D eigenvalue weighted by atomic mass is 10.2. The van der Waals surface area contributed by atoms with Crippen molar-refractivity contribution in [3.8, 4) is 0 Å². The predicted molar refractivity (Wildman–Crippen MR) is 63.1 cm³/mol. The summed E-state index contributed by atoms with van der Waals surface area (Å²) in [7, 11) is 0. The molecule has 84 valence electrons. The molecule has 3 nitrogen and oxygen atoms in total. The Bertz CT molecular complexity index is 536. The van der Waals surface area contributed by atoms with Gasteiger partial charge in [0.25, 0.3) is 0 Å². The van der Waals surface area contributed by atoms with Crippen molar-refractivity contribution in [2.24, 2.45) is 5.92 Å². The van der Waals surface area contributed by atoms with Crippen LogP contribution >= 0.6 is 11.3 Å². The van der Waals surface area contributed by atoms with Crippen molar-refractivity contribution in [2.75, 3.05) is 0 Å². The average molecular weight is 235 g/mol. The summed E-state index contributed by atoms with van der Waals surface area (Å²) in [5.74, 6) is 0.792. The van der Waals surface area contributed by atoms with E-state index in [1.54, 1.807) is 11.3 Å². The molecule has 1 fully saturated rings. The first-order valence-corrected chi connectivity index (χ1v) is 6.50. The van der Waals surface area contributed by atoms with E-state index >= 15 is 0 Å². The summed E-state index contributed by atoms with van der Waals surface area (Å²) in [6.07, 6.45) is 5.40. The largest absolute Gasteiger partial charge is 0.354 e. The quantitative estimate of drug-likeness (QED) is 0.764. The first-order valence-electron chi connectivity index (χ1n) is 5.68. The minimum Gasteiger partial charge on any atom is -0.354 e. The molecule has 0 atom stereocenters. The molecular weight excluding hydrogens is 222 g/mol. The zero-order chi connectivity index (χ0) is 11.1. The van der Waals surface area contributed by atoms with Gasteiger partial charge < -0.3 is 4.52 Å². The number of hydrogen-bond acceptors (Lipinski definition) is 4. The molecule has 0 saturated heterocycles. The Morgan fingerprint density at radius 3 is 3.00 bits per heavy atom. The highest BCUT2D eigenvalue weighted by Crippen LogP contribution is 2.38. The molecule has 2 aromatic heterocycles. The van der Waals surface area contributed by atoms with Gasteiger partial charge in [-0.2, -0.15) is 0 Å². The molecule has 0 unspecified atom stereocenters. The van der Waals surface area contributed by atoms with Gasteiger partial charge in [-0.05, 0) is 31.6 Å². The Labute approximate surface area is 97.4 Å². The maximum absolute atomic E-state index is 11.0. The molecule has 0 spiro atoms. The fourth-order valence-corrected chi connectivity index (χ4v) is 3.12. The van der Waals surface area contributed by atoms with E-state index in [0.29, 0.717) is 11.1 Å². The first kappa shape index (κ1) is 10.0. The molecule has 1 aliphatic rings. The van der Waals surface area contributed by atoms with Gasteiger partial charge in [0, 0.05) is 4.88 Å². The second-order valence-corrected chi connectivity index (χ2v) is 5.45. The molecule has 0 radical (unpaired) electrons. The first-order chi connectivity index (χ1) is 7.83. The zero-order valence-corrected chi connectivity index (χ0v) is 9.97. The second kappa shape index (κ2) is 3.70. The molecular formula is C12H13NO2S. The maximum Gasteiger partial charge on any atom is 0.188 e. The molecule has 2 heterocycles. The van der Waals surface area contributed by atoms with Gasteiger partial charge in [0.2, 0.25) is 0 Å². The predicted octanol–water partition coefficient (Wildman–Crippen LogP) is 3.22. The second-order valence-electron chi connectivity index (χ2n) is 4.35. The van der Waals surface area contributed by atoms with Crippen molar-refractivity contribution >= 4 is 27.9 Å². The Morgan fingerprint density at radius 2 is 2.38 bits per heavy atom. The van der Waals surface area contributed by atoms with Crippen LogP contribution in [-0.4, -0.2) is 11.4 Å². The van der Waals surface area contributed by atoms with Gasteiger partial charge >= 0.3 is 0 Å². The summed E-state index contributed by atoms with van der Waals surface area (Å²) < 4.78 is 6.40. The van der Waals surface area contributed by atoms with Gasteiger partial charge in [0.05, 0.1) is 10.3 Å². The zero-order valence-electron chi connectivity index (χ0n) is 9.16. The van der Waals surface area contributed by atoms with E-state index < -0.39 is 0 Å². The summed E-state index contributed by atoms with van der Waals surface area (Å²) in [5.41, 5.74) is 2.45. The van der Waals surface area contributed by atoms with Crippen molar-refractivity contribution < 1.29 is 9.32 Å². The third-order valence-corrected chi connectivity index (χ3v) is 4.48. The van der Waals surface area contributed by atoms with Gasteiger partial charge in [0.15, 0.2) is 11.9 Å². The molecule has 1 saturated carbocycles. The molecule has 0 bridgehead atoms. The highest BCUT2D eigenvalue weighted by Gasteiger charge is 2.26. The number of fused-ring (bicyclic) bond motifs is 1. The lowest BCUT2D eigenvalue weighted by molar-refractivity contribution is 0.112. The summed E-state index contributed by atoms with van der Waals surface area (Å²) >= 11 is 1.66.